The zero-order valence-electron chi connectivity index (χ0n) is 24.2. The van der Waals surface area contributed by atoms with Crippen LogP contribution in [-0.4, -0.2) is 64.7 Å². The average molecular weight is 661 g/mol. The van der Waals surface area contributed by atoms with E-state index in [1.165, 1.54) is 28.6 Å². The molecule has 0 unspecified atom stereocenters. The van der Waals surface area contributed by atoms with Gasteiger partial charge in [-0.05, 0) is 47.6 Å². The molecule has 13 nitrogen and oxygen atoms in total. The summed E-state index contributed by atoms with van der Waals surface area (Å²) in [4.78, 5) is 35.5. The Morgan fingerprint density at radius 2 is 1.26 bits per heavy atom. The van der Waals surface area contributed by atoms with E-state index < -0.39 is 37.2 Å². The molecule has 2 N–H and O–H groups in total. The van der Waals surface area contributed by atoms with Crippen molar-refractivity contribution in [1.29, 1.82) is 0 Å². The van der Waals surface area contributed by atoms with Crippen LogP contribution in [0.2, 0.25) is 0 Å². The van der Waals surface area contributed by atoms with E-state index in [4.69, 9.17) is 12.2 Å². The Kier molecular flexibility index (Phi) is 9.77. The first kappa shape index (κ1) is 32.3. The highest BCUT2D eigenvalue weighted by molar-refractivity contribution is 7.89. The summed E-state index contributed by atoms with van der Waals surface area (Å²) in [5, 5.41) is 27.1. The number of hydrogen-bond donors (Lipinski definition) is 2. The van der Waals surface area contributed by atoms with E-state index in [0.29, 0.717) is 31.9 Å². The number of rotatable bonds is 9. The molecule has 46 heavy (non-hydrogen) atoms. The van der Waals surface area contributed by atoms with Crippen molar-refractivity contribution in [2.75, 3.05) is 31.5 Å². The smallest absolute Gasteiger partial charge is 0.277 e. The summed E-state index contributed by atoms with van der Waals surface area (Å²) in [7, 11) is -3.80. The van der Waals surface area contributed by atoms with Crippen LogP contribution in [-0.2, 0) is 10.0 Å². The summed E-state index contributed by atoms with van der Waals surface area (Å²) >= 11 is 5.15. The molecule has 0 bridgehead atoms. The number of sulfonamides is 1. The van der Waals surface area contributed by atoms with Crippen LogP contribution in [0.15, 0.2) is 108 Å². The highest BCUT2D eigenvalue weighted by Crippen LogP contribution is 2.31. The van der Waals surface area contributed by atoms with Crippen LogP contribution < -0.4 is 10.6 Å². The lowest BCUT2D eigenvalue weighted by Gasteiger charge is -2.39. The maximum Gasteiger partial charge on any atom is 0.277 e. The van der Waals surface area contributed by atoms with E-state index in [0.717, 1.165) is 29.3 Å². The van der Waals surface area contributed by atoms with Gasteiger partial charge in [0.2, 0.25) is 10.0 Å². The second-order valence-electron chi connectivity index (χ2n) is 10.3. The van der Waals surface area contributed by atoms with Gasteiger partial charge in [-0.15, -0.1) is 0 Å². The number of nitro benzene ring substituents is 2. The number of piperazine rings is 1. The van der Waals surface area contributed by atoms with Crippen LogP contribution in [0, 0.1) is 20.2 Å². The van der Waals surface area contributed by atoms with E-state index in [2.05, 4.69) is 39.8 Å². The van der Waals surface area contributed by atoms with Gasteiger partial charge >= 0.3 is 0 Å². The minimum Gasteiger partial charge on any atom is -0.332 e. The molecule has 0 aliphatic carbocycles. The molecule has 0 spiro atoms. The fraction of sp³-hybridized carbons (Fsp3) is 0.161. The lowest BCUT2D eigenvalue weighted by atomic mass is 9.96. The van der Waals surface area contributed by atoms with Crippen LogP contribution in [0.5, 0.6) is 0 Å². The molecule has 0 atom stereocenters. The van der Waals surface area contributed by atoms with Crippen molar-refractivity contribution >= 4 is 50.3 Å². The van der Waals surface area contributed by atoms with Gasteiger partial charge in [-0.2, -0.15) is 4.31 Å². The van der Waals surface area contributed by atoms with E-state index in [1.54, 1.807) is 0 Å². The normalized spacial score (nSPS) is 14.0. The van der Waals surface area contributed by atoms with Crippen molar-refractivity contribution < 1.29 is 23.1 Å². The summed E-state index contributed by atoms with van der Waals surface area (Å²) < 4.78 is 28.5. The third-order valence-corrected chi connectivity index (χ3v) is 9.55. The molecule has 1 amide bonds. The van der Waals surface area contributed by atoms with E-state index in [9.17, 15) is 33.4 Å². The first-order valence-electron chi connectivity index (χ1n) is 14.0. The Morgan fingerprint density at radius 1 is 0.761 bits per heavy atom. The molecular formula is C31H28N6O7S2. The molecule has 1 heterocycles. The number of nitro groups is 2. The van der Waals surface area contributed by atoms with Crippen molar-refractivity contribution in [3.05, 3.63) is 140 Å². The van der Waals surface area contributed by atoms with Crippen LogP contribution in [0.4, 0.5) is 17.1 Å². The number of amides is 1. The van der Waals surface area contributed by atoms with Gasteiger partial charge in [0.1, 0.15) is 0 Å². The number of nitrogens with one attached hydrogen (secondary N) is 2. The predicted molar refractivity (Wildman–Crippen MR) is 175 cm³/mol. The number of non-ortho nitro benzene ring substituents is 2. The Labute approximate surface area is 269 Å². The first-order valence-corrected chi connectivity index (χ1v) is 15.9. The second-order valence-corrected chi connectivity index (χ2v) is 12.7. The molecule has 1 saturated heterocycles. The van der Waals surface area contributed by atoms with Gasteiger partial charge in [-0.25, -0.2) is 8.42 Å². The van der Waals surface area contributed by atoms with Gasteiger partial charge in [-0.3, -0.25) is 35.2 Å². The van der Waals surface area contributed by atoms with Gasteiger partial charge in [0.25, 0.3) is 17.3 Å². The molecule has 4 aromatic carbocycles. The fourth-order valence-corrected chi connectivity index (χ4v) is 6.85. The van der Waals surface area contributed by atoms with Crippen LogP contribution in [0.25, 0.3) is 0 Å². The van der Waals surface area contributed by atoms with Crippen molar-refractivity contribution in [2.24, 2.45) is 0 Å². The van der Waals surface area contributed by atoms with Crippen LogP contribution >= 0.6 is 12.2 Å². The Bertz CT molecular complexity index is 1800. The van der Waals surface area contributed by atoms with E-state index in [1.807, 2.05) is 36.4 Å². The Balaban J connectivity index is 1.21. The minimum atomic E-state index is -3.80. The third kappa shape index (κ3) is 7.40. The molecule has 4 aromatic rings. The molecule has 1 aliphatic heterocycles. The van der Waals surface area contributed by atoms with E-state index >= 15 is 0 Å². The van der Waals surface area contributed by atoms with Crippen molar-refractivity contribution in [3.63, 3.8) is 0 Å². The summed E-state index contributed by atoms with van der Waals surface area (Å²) in [6.45, 7) is 1.69. The molecule has 0 radical (unpaired) electrons. The number of thiocarbonyl (C=S) groups is 1. The van der Waals surface area contributed by atoms with E-state index in [-0.39, 0.29) is 21.6 Å². The largest absolute Gasteiger partial charge is 0.332 e. The molecule has 15 heteroatoms. The van der Waals surface area contributed by atoms with Crippen LogP contribution in [0.1, 0.15) is 27.5 Å². The number of carbonyl (C=O) groups is 1. The average Bonchev–Trinajstić information content (AvgIpc) is 3.06. The monoisotopic (exact) mass is 660 g/mol. The SMILES string of the molecule is O=C(NC(=S)Nc1ccc(S(=O)(=O)N2CCN(C(c3ccccc3)c3ccccc3)CC2)cc1)c1cc([N+](=O)[O-])cc([N+](=O)[O-])c1. The highest BCUT2D eigenvalue weighted by atomic mass is 32.2. The topological polar surface area (TPSA) is 168 Å². The zero-order chi connectivity index (χ0) is 32.8. The van der Waals surface area contributed by atoms with Gasteiger partial charge in [0.15, 0.2) is 5.11 Å². The quantitative estimate of drug-likeness (QED) is 0.146. The fourth-order valence-electron chi connectivity index (χ4n) is 5.22. The lowest BCUT2D eigenvalue weighted by Crippen LogP contribution is -2.49. The van der Waals surface area contributed by atoms with Gasteiger partial charge < -0.3 is 5.32 Å². The van der Waals surface area contributed by atoms with Crippen molar-refractivity contribution in [2.45, 2.75) is 10.9 Å². The molecule has 1 aliphatic rings. The van der Waals surface area contributed by atoms with Gasteiger partial charge in [0.05, 0.1) is 32.4 Å². The molecule has 1 fully saturated rings. The summed E-state index contributed by atoms with van der Waals surface area (Å²) in [5.74, 6) is -0.899. The Morgan fingerprint density at radius 3 is 1.74 bits per heavy atom. The minimum absolute atomic E-state index is 0.00549. The third-order valence-electron chi connectivity index (χ3n) is 7.43. The summed E-state index contributed by atoms with van der Waals surface area (Å²) in [5.41, 5.74) is 1.06. The molecule has 5 rings (SSSR count). The molecule has 0 saturated carbocycles. The zero-order valence-corrected chi connectivity index (χ0v) is 25.8. The molecule has 0 aromatic heterocycles. The first-order chi connectivity index (χ1) is 22.0. The summed E-state index contributed by atoms with van der Waals surface area (Å²) in [6, 6.07) is 28.6. The number of anilines is 1. The highest BCUT2D eigenvalue weighted by Gasteiger charge is 2.32. The molecule has 236 valence electrons. The number of carbonyl (C=O) groups excluding carboxylic acids is 1. The predicted octanol–water partition coefficient (Wildman–Crippen LogP) is 4.73. The maximum absolute atomic E-state index is 13.5. The van der Waals surface area contributed by atoms with Crippen LogP contribution in [0.3, 0.4) is 0 Å². The second kappa shape index (κ2) is 13.9. The number of hydrogen-bond acceptors (Lipinski definition) is 9. The maximum atomic E-state index is 13.5. The van der Waals surface area contributed by atoms with Gasteiger partial charge in [0, 0.05) is 44.0 Å². The number of nitrogens with zero attached hydrogens (tertiary/aromatic N) is 4. The Hall–Kier alpha value is -5.09. The molecular weight excluding hydrogens is 633 g/mol. The van der Waals surface area contributed by atoms with Gasteiger partial charge in [-0.1, -0.05) is 60.7 Å². The summed E-state index contributed by atoms with van der Waals surface area (Å²) in [6.07, 6.45) is 0. The van der Waals surface area contributed by atoms with Crippen molar-refractivity contribution in [3.8, 4) is 0 Å². The standard InChI is InChI=1S/C31H28N6O7S2/c38-30(24-19-26(36(39)40)21-27(20-24)37(41)42)33-31(45)32-25-11-13-28(14-12-25)46(43,44)35-17-15-34(16-18-35)29(22-7-3-1-4-8-22)23-9-5-2-6-10-23/h1-14,19-21,29H,15-18H2,(H2,32,33,38,45). The lowest BCUT2D eigenvalue weighted by molar-refractivity contribution is -0.394. The van der Waals surface area contributed by atoms with Crippen molar-refractivity contribution in [1.82, 2.24) is 14.5 Å². The number of benzene rings is 4.